The van der Waals surface area contributed by atoms with Gasteiger partial charge in [0.2, 0.25) is 10.0 Å². The topological polar surface area (TPSA) is 79.6 Å². The lowest BCUT2D eigenvalue weighted by atomic mass is 10.1. The molecule has 1 aromatic heterocycles. The Morgan fingerprint density at radius 2 is 1.78 bits per heavy atom. The fourth-order valence-corrected chi connectivity index (χ4v) is 3.69. The van der Waals surface area contributed by atoms with Crippen molar-refractivity contribution >= 4 is 26.9 Å². The fourth-order valence-electron chi connectivity index (χ4n) is 2.79. The molecule has 0 bridgehead atoms. The minimum Gasteiger partial charge on any atom is -0.461 e. The van der Waals surface area contributed by atoms with Gasteiger partial charge >= 0.3 is 0 Å². The van der Waals surface area contributed by atoms with Crippen molar-refractivity contribution in [1.29, 1.82) is 0 Å². The summed E-state index contributed by atoms with van der Waals surface area (Å²) in [5, 5.41) is 3.94. The Morgan fingerprint density at radius 1 is 1.11 bits per heavy atom. The van der Waals surface area contributed by atoms with E-state index < -0.39 is 10.0 Å². The molecule has 3 rings (SSSR count). The van der Waals surface area contributed by atoms with Crippen molar-refractivity contribution in [3.8, 4) is 0 Å². The molecule has 0 saturated heterocycles. The molecule has 6 nitrogen and oxygen atoms in total. The smallest absolute Gasteiger partial charge is 0.251 e. The lowest BCUT2D eigenvalue weighted by Gasteiger charge is -2.14. The highest BCUT2D eigenvalue weighted by Gasteiger charge is 2.18. The van der Waals surface area contributed by atoms with Gasteiger partial charge in [0.25, 0.3) is 5.91 Å². The SMILES string of the molecule is C[C@H](Cc1cc2ccccc2o1)NC(=O)c1ccc(S(=O)(=O)N(C)C)cc1. The molecule has 0 aliphatic heterocycles. The largest absolute Gasteiger partial charge is 0.461 e. The van der Waals surface area contributed by atoms with E-state index in [0.29, 0.717) is 12.0 Å². The highest BCUT2D eigenvalue weighted by Crippen LogP contribution is 2.20. The maximum Gasteiger partial charge on any atom is 0.251 e. The number of fused-ring (bicyclic) bond motifs is 1. The first kappa shape index (κ1) is 19.1. The molecule has 0 saturated carbocycles. The predicted octanol–water partition coefficient (Wildman–Crippen LogP) is 3.04. The number of carbonyl (C=O) groups excluding carboxylic acids is 1. The summed E-state index contributed by atoms with van der Waals surface area (Å²) in [6, 6.07) is 15.5. The molecule has 0 aliphatic rings. The van der Waals surface area contributed by atoms with Crippen LogP contribution in [-0.4, -0.2) is 38.8 Å². The molecule has 27 heavy (non-hydrogen) atoms. The molecule has 142 valence electrons. The van der Waals surface area contributed by atoms with Crippen LogP contribution in [0.3, 0.4) is 0 Å². The molecule has 0 fully saturated rings. The number of carbonyl (C=O) groups is 1. The third kappa shape index (κ3) is 4.20. The lowest BCUT2D eigenvalue weighted by Crippen LogP contribution is -2.34. The maximum atomic E-state index is 12.4. The number of furan rings is 1. The number of para-hydroxylation sites is 1. The van der Waals surface area contributed by atoms with Gasteiger partial charge in [0.1, 0.15) is 11.3 Å². The van der Waals surface area contributed by atoms with Crippen LogP contribution in [-0.2, 0) is 16.4 Å². The van der Waals surface area contributed by atoms with Crippen LogP contribution in [0.4, 0.5) is 0 Å². The summed E-state index contributed by atoms with van der Waals surface area (Å²) in [6.45, 7) is 1.90. The van der Waals surface area contributed by atoms with Crippen LogP contribution in [0.2, 0.25) is 0 Å². The number of nitrogens with zero attached hydrogens (tertiary/aromatic N) is 1. The maximum absolute atomic E-state index is 12.4. The van der Waals surface area contributed by atoms with E-state index in [1.54, 1.807) is 0 Å². The highest BCUT2D eigenvalue weighted by molar-refractivity contribution is 7.89. The zero-order valence-electron chi connectivity index (χ0n) is 15.5. The standard InChI is InChI=1S/C20H22N2O4S/c1-14(12-17-13-16-6-4-5-7-19(16)26-17)21-20(23)15-8-10-18(11-9-15)27(24,25)22(2)3/h4-11,13-14H,12H2,1-3H3,(H,21,23)/t14-/m1/s1. The number of amides is 1. The quantitative estimate of drug-likeness (QED) is 0.706. The molecule has 1 amide bonds. The summed E-state index contributed by atoms with van der Waals surface area (Å²) in [4.78, 5) is 12.6. The van der Waals surface area contributed by atoms with E-state index in [4.69, 9.17) is 4.42 Å². The van der Waals surface area contributed by atoms with Gasteiger partial charge in [-0.15, -0.1) is 0 Å². The summed E-state index contributed by atoms with van der Waals surface area (Å²) in [5.41, 5.74) is 1.23. The normalized spacial score (nSPS) is 13.0. The van der Waals surface area contributed by atoms with Gasteiger partial charge in [-0.2, -0.15) is 0 Å². The zero-order chi connectivity index (χ0) is 19.6. The number of rotatable bonds is 6. The third-order valence-corrected chi connectivity index (χ3v) is 6.09. The number of hydrogen-bond donors (Lipinski definition) is 1. The first-order valence-electron chi connectivity index (χ1n) is 8.58. The minimum absolute atomic E-state index is 0.136. The van der Waals surface area contributed by atoms with Crippen molar-refractivity contribution in [2.24, 2.45) is 0 Å². The predicted molar refractivity (Wildman–Crippen MR) is 104 cm³/mol. The second-order valence-corrected chi connectivity index (χ2v) is 8.79. The van der Waals surface area contributed by atoms with Gasteiger partial charge in [0.15, 0.2) is 0 Å². The molecular weight excluding hydrogens is 364 g/mol. The molecule has 1 heterocycles. The van der Waals surface area contributed by atoms with Gasteiger partial charge in [-0.25, -0.2) is 12.7 Å². The van der Waals surface area contributed by atoms with Crippen molar-refractivity contribution < 1.29 is 17.6 Å². The first-order valence-corrected chi connectivity index (χ1v) is 10.0. The zero-order valence-corrected chi connectivity index (χ0v) is 16.3. The van der Waals surface area contributed by atoms with E-state index in [9.17, 15) is 13.2 Å². The van der Waals surface area contributed by atoms with Crippen molar-refractivity contribution in [2.45, 2.75) is 24.3 Å². The summed E-state index contributed by atoms with van der Waals surface area (Å²) >= 11 is 0. The van der Waals surface area contributed by atoms with E-state index in [0.717, 1.165) is 21.0 Å². The van der Waals surface area contributed by atoms with Crippen LogP contribution < -0.4 is 5.32 Å². The van der Waals surface area contributed by atoms with Crippen LogP contribution in [0.25, 0.3) is 11.0 Å². The monoisotopic (exact) mass is 386 g/mol. The molecule has 0 spiro atoms. The fraction of sp³-hybridized carbons (Fsp3) is 0.250. The molecule has 1 N–H and O–H groups in total. The minimum atomic E-state index is -3.51. The van der Waals surface area contributed by atoms with Crippen LogP contribution in [0.5, 0.6) is 0 Å². The Hall–Kier alpha value is -2.64. The van der Waals surface area contributed by atoms with Crippen molar-refractivity contribution in [3.05, 3.63) is 65.9 Å². The van der Waals surface area contributed by atoms with E-state index in [-0.39, 0.29) is 16.8 Å². The lowest BCUT2D eigenvalue weighted by molar-refractivity contribution is 0.0939. The van der Waals surface area contributed by atoms with Gasteiger partial charge in [0, 0.05) is 37.5 Å². The average molecular weight is 386 g/mol. The molecule has 0 radical (unpaired) electrons. The van der Waals surface area contributed by atoms with Gasteiger partial charge in [-0.3, -0.25) is 4.79 Å². The van der Waals surface area contributed by atoms with Crippen LogP contribution in [0.15, 0.2) is 63.9 Å². The molecular formula is C20H22N2O4S. The highest BCUT2D eigenvalue weighted by atomic mass is 32.2. The average Bonchev–Trinajstić information content (AvgIpc) is 3.03. The van der Waals surface area contributed by atoms with E-state index >= 15 is 0 Å². The Kier molecular flexibility index (Phi) is 5.34. The Morgan fingerprint density at radius 3 is 2.41 bits per heavy atom. The Bertz CT molecular complexity index is 1020. The van der Waals surface area contributed by atoms with E-state index in [2.05, 4.69) is 5.32 Å². The molecule has 2 aromatic carbocycles. The van der Waals surface area contributed by atoms with Crippen LogP contribution >= 0.6 is 0 Å². The molecule has 3 aromatic rings. The molecule has 7 heteroatoms. The first-order chi connectivity index (χ1) is 12.8. The van der Waals surface area contributed by atoms with Gasteiger partial charge < -0.3 is 9.73 Å². The van der Waals surface area contributed by atoms with Gasteiger partial charge in [-0.05, 0) is 43.3 Å². The van der Waals surface area contributed by atoms with Crippen LogP contribution in [0, 0.1) is 0 Å². The second-order valence-electron chi connectivity index (χ2n) is 6.64. The van der Waals surface area contributed by atoms with Crippen molar-refractivity contribution in [2.75, 3.05) is 14.1 Å². The van der Waals surface area contributed by atoms with Gasteiger partial charge in [-0.1, -0.05) is 18.2 Å². The summed E-state index contributed by atoms with van der Waals surface area (Å²) in [6.07, 6.45) is 0.563. The molecule has 0 unspecified atom stereocenters. The number of benzene rings is 2. The summed E-state index contributed by atoms with van der Waals surface area (Å²) in [7, 11) is -0.571. The summed E-state index contributed by atoms with van der Waals surface area (Å²) in [5.74, 6) is 0.545. The van der Waals surface area contributed by atoms with Crippen molar-refractivity contribution in [1.82, 2.24) is 9.62 Å². The van der Waals surface area contributed by atoms with Crippen molar-refractivity contribution in [3.63, 3.8) is 0 Å². The third-order valence-electron chi connectivity index (χ3n) is 4.26. The van der Waals surface area contributed by atoms with E-state index in [1.165, 1.54) is 38.4 Å². The molecule has 0 aliphatic carbocycles. The number of sulfonamides is 1. The number of nitrogens with one attached hydrogen (secondary N) is 1. The van der Waals surface area contributed by atoms with Gasteiger partial charge in [0.05, 0.1) is 4.90 Å². The number of hydrogen-bond acceptors (Lipinski definition) is 4. The second kappa shape index (κ2) is 7.54. The Balaban J connectivity index is 1.65. The van der Waals surface area contributed by atoms with E-state index in [1.807, 2.05) is 37.3 Å². The Labute approximate surface area is 158 Å². The summed E-state index contributed by atoms with van der Waals surface area (Å²) < 4.78 is 31.1. The molecule has 1 atom stereocenters. The van der Waals surface area contributed by atoms with Crippen LogP contribution in [0.1, 0.15) is 23.0 Å².